The van der Waals surface area contributed by atoms with Gasteiger partial charge in [0.2, 0.25) is 3.79 Å². The minimum absolute atomic E-state index is 0.235. The number of alkyl halides is 3. The molecule has 1 aromatic carbocycles. The molecule has 1 aliphatic heterocycles. The van der Waals surface area contributed by atoms with Crippen molar-refractivity contribution in [2.45, 2.75) is 30.0 Å². The van der Waals surface area contributed by atoms with Crippen LogP contribution in [0.2, 0.25) is 0 Å². The third-order valence-corrected chi connectivity index (χ3v) is 5.05. The fourth-order valence-electron chi connectivity index (χ4n) is 3.13. The molecule has 0 bridgehead atoms. The second kappa shape index (κ2) is 12.9. The maximum absolute atomic E-state index is 12.4. The van der Waals surface area contributed by atoms with E-state index in [4.69, 9.17) is 49.0 Å². The Kier molecular flexibility index (Phi) is 10.6. The summed E-state index contributed by atoms with van der Waals surface area (Å²) in [7, 11) is 3.26. The van der Waals surface area contributed by atoms with Crippen LogP contribution in [0, 0.1) is 5.92 Å². The van der Waals surface area contributed by atoms with Crippen molar-refractivity contribution in [1.29, 1.82) is 0 Å². The van der Waals surface area contributed by atoms with Crippen molar-refractivity contribution in [3.8, 4) is 11.5 Å². The Hall–Kier alpha value is -1.95. The van der Waals surface area contributed by atoms with E-state index in [1.807, 2.05) is 49.4 Å². The minimum Gasteiger partial charge on any atom is -0.497 e. The molecule has 32 heavy (non-hydrogen) atoms. The minimum atomic E-state index is -1.62. The van der Waals surface area contributed by atoms with Gasteiger partial charge in [-0.05, 0) is 30.5 Å². The maximum atomic E-state index is 12.4. The predicted molar refractivity (Wildman–Crippen MR) is 132 cm³/mol. The zero-order valence-corrected chi connectivity index (χ0v) is 20.8. The van der Waals surface area contributed by atoms with E-state index in [-0.39, 0.29) is 12.5 Å². The molecule has 5 nitrogen and oxygen atoms in total. The van der Waals surface area contributed by atoms with E-state index in [1.165, 1.54) is 0 Å². The molecule has 1 atom stereocenters. The largest absolute Gasteiger partial charge is 0.596 e. The Morgan fingerprint density at radius 2 is 1.84 bits per heavy atom. The van der Waals surface area contributed by atoms with Gasteiger partial charge in [0, 0.05) is 24.5 Å². The summed E-state index contributed by atoms with van der Waals surface area (Å²) in [5.41, 5.74) is 1.90. The lowest BCUT2D eigenvalue weighted by Gasteiger charge is -2.14. The quantitative estimate of drug-likeness (QED) is 0.165. The summed E-state index contributed by atoms with van der Waals surface area (Å²) in [6.45, 7) is 2.30. The average molecular weight is 502 g/mol. The fraction of sp³-hybridized carbons (Fsp3) is 0.417. The number of nitrogens with zero attached hydrogens (tertiary/aromatic N) is 1. The van der Waals surface area contributed by atoms with Gasteiger partial charge in [0.15, 0.2) is 12.3 Å². The van der Waals surface area contributed by atoms with E-state index >= 15 is 0 Å². The van der Waals surface area contributed by atoms with Gasteiger partial charge in [-0.1, -0.05) is 72.1 Å². The van der Waals surface area contributed by atoms with Gasteiger partial charge in [-0.3, -0.25) is 0 Å². The first kappa shape index (κ1) is 26.3. The molecule has 1 aromatic rings. The molecular weight excluding hydrogens is 473 g/mol. The lowest BCUT2D eigenvalue weighted by atomic mass is 10.0. The highest BCUT2D eigenvalue weighted by molar-refractivity contribution is 6.67. The zero-order valence-electron chi connectivity index (χ0n) is 18.5. The Morgan fingerprint density at radius 1 is 1.16 bits per heavy atom. The summed E-state index contributed by atoms with van der Waals surface area (Å²) < 4.78 is 15.7. The number of hydrogen-bond donors (Lipinski definition) is 0. The van der Waals surface area contributed by atoms with Crippen molar-refractivity contribution in [3.05, 3.63) is 54.1 Å². The molecule has 0 aromatic heterocycles. The highest BCUT2D eigenvalue weighted by Gasteiger charge is 2.31. The number of ether oxygens (including phenoxy) is 3. The van der Waals surface area contributed by atoms with Crippen molar-refractivity contribution >= 4 is 52.7 Å². The number of rotatable bonds is 9. The van der Waals surface area contributed by atoms with Gasteiger partial charge in [0.05, 0.1) is 14.2 Å². The van der Waals surface area contributed by atoms with Crippen LogP contribution in [0.4, 0.5) is 4.79 Å². The highest BCUT2D eigenvalue weighted by Crippen LogP contribution is 2.26. The van der Waals surface area contributed by atoms with Crippen LogP contribution in [0.15, 0.2) is 48.6 Å². The second-order valence-corrected chi connectivity index (χ2v) is 9.95. The van der Waals surface area contributed by atoms with Crippen molar-refractivity contribution < 1.29 is 23.6 Å². The van der Waals surface area contributed by atoms with Gasteiger partial charge >= 0.3 is 6.09 Å². The standard InChI is InChI=1S/C24H29Cl3NO4/c1-18-11-12-20(28(16-18)23(29)32-17-24(25,26)27)10-8-6-4-5-7-9-19-13-21(30-2)15-22(14-19)31-3/h4-5,7,9,11-15,18H,6,8,10,16-17H2,1-3H3/q+1/b5-4+,9-7+/t18-/m1/s1. The van der Waals surface area contributed by atoms with Crippen molar-refractivity contribution in [2.24, 2.45) is 5.92 Å². The number of halogens is 3. The van der Waals surface area contributed by atoms with Gasteiger partial charge in [0.1, 0.15) is 18.1 Å². The topological polar surface area (TPSA) is 47.8 Å². The van der Waals surface area contributed by atoms with E-state index in [9.17, 15) is 4.79 Å². The van der Waals surface area contributed by atoms with Gasteiger partial charge in [0.25, 0.3) is 0 Å². The van der Waals surface area contributed by atoms with Crippen LogP contribution in [-0.2, 0) is 4.74 Å². The second-order valence-electron chi connectivity index (χ2n) is 7.43. The summed E-state index contributed by atoms with van der Waals surface area (Å²) in [4.78, 5) is 12.4. The SMILES string of the molecule is COc1cc(/C=C/C=C/CCCC2=[N+](C(=O)OCC(Cl)(Cl)Cl)C[C@H](C)C=C2)cc(OC)c1. The lowest BCUT2D eigenvalue weighted by molar-refractivity contribution is -0.454. The normalized spacial score (nSPS) is 16.8. The van der Waals surface area contributed by atoms with Gasteiger partial charge in [-0.15, -0.1) is 4.58 Å². The molecule has 0 spiro atoms. The number of carbonyl (C=O) groups is 1. The van der Waals surface area contributed by atoms with Crippen molar-refractivity contribution in [3.63, 3.8) is 0 Å². The molecule has 1 heterocycles. The number of unbranched alkanes of at least 4 members (excludes halogenated alkanes) is 1. The maximum Gasteiger partial charge on any atom is 0.596 e. The van der Waals surface area contributed by atoms with Gasteiger partial charge in [-0.2, -0.15) is 4.79 Å². The van der Waals surface area contributed by atoms with Crippen LogP contribution in [0.25, 0.3) is 6.08 Å². The third-order valence-electron chi connectivity index (χ3n) is 4.73. The van der Waals surface area contributed by atoms with Gasteiger partial charge in [-0.25, -0.2) is 0 Å². The molecule has 0 saturated carbocycles. The smallest absolute Gasteiger partial charge is 0.497 e. The summed E-state index contributed by atoms with van der Waals surface area (Å²) in [5.74, 6) is 1.73. The van der Waals surface area contributed by atoms with Crippen LogP contribution in [0.3, 0.4) is 0 Å². The number of allylic oxidation sites excluding steroid dienone is 4. The molecule has 174 valence electrons. The van der Waals surface area contributed by atoms with Crippen molar-refractivity contribution in [2.75, 3.05) is 27.4 Å². The predicted octanol–water partition coefficient (Wildman–Crippen LogP) is 6.61. The number of carbonyl (C=O) groups excluding carboxylic acids is 1. The monoisotopic (exact) mass is 500 g/mol. The molecule has 0 aliphatic carbocycles. The molecule has 0 unspecified atom stereocenters. The van der Waals surface area contributed by atoms with Crippen LogP contribution in [0.1, 0.15) is 31.7 Å². The van der Waals surface area contributed by atoms with Crippen molar-refractivity contribution in [1.82, 2.24) is 0 Å². The molecule has 1 aliphatic rings. The third kappa shape index (κ3) is 9.27. The van der Waals surface area contributed by atoms with E-state index in [0.717, 1.165) is 42.0 Å². The Bertz CT molecular complexity index is 879. The molecule has 2 rings (SSSR count). The van der Waals surface area contributed by atoms with Gasteiger partial charge < -0.3 is 14.2 Å². The van der Waals surface area contributed by atoms with E-state index in [1.54, 1.807) is 18.8 Å². The van der Waals surface area contributed by atoms with Crippen LogP contribution in [0.5, 0.6) is 11.5 Å². The van der Waals surface area contributed by atoms with Crippen LogP contribution in [-0.4, -0.2) is 47.5 Å². The lowest BCUT2D eigenvalue weighted by Crippen LogP contribution is -2.35. The number of hydrogen-bond acceptors (Lipinski definition) is 4. The first-order chi connectivity index (χ1) is 15.2. The van der Waals surface area contributed by atoms with E-state index in [0.29, 0.717) is 6.54 Å². The fourth-order valence-corrected chi connectivity index (χ4v) is 3.29. The van der Waals surface area contributed by atoms with Crippen LogP contribution < -0.4 is 9.47 Å². The molecular formula is C24H29Cl3NO4+. The Morgan fingerprint density at radius 3 is 2.47 bits per heavy atom. The molecule has 0 radical (unpaired) electrons. The molecule has 0 fully saturated rings. The number of amides is 1. The summed E-state index contributed by atoms with van der Waals surface area (Å²) in [6.07, 6.45) is 14.1. The Labute approximate surface area is 204 Å². The van der Waals surface area contributed by atoms with Crippen LogP contribution >= 0.6 is 34.8 Å². The van der Waals surface area contributed by atoms with E-state index in [2.05, 4.69) is 12.2 Å². The Balaban J connectivity index is 1.89. The number of benzene rings is 1. The number of methoxy groups -OCH3 is 2. The summed E-state index contributed by atoms with van der Waals surface area (Å²) in [5, 5.41) is 0. The molecule has 0 N–H and O–H groups in total. The first-order valence-electron chi connectivity index (χ1n) is 10.3. The molecule has 8 heteroatoms. The highest BCUT2D eigenvalue weighted by atomic mass is 35.6. The molecule has 0 saturated heterocycles. The average Bonchev–Trinajstić information content (AvgIpc) is 2.76. The molecule has 1 amide bonds. The summed E-state index contributed by atoms with van der Waals surface area (Å²) in [6, 6.07) is 5.72. The summed E-state index contributed by atoms with van der Waals surface area (Å²) >= 11 is 17.1. The zero-order chi connectivity index (χ0) is 23.6. The van der Waals surface area contributed by atoms with E-state index < -0.39 is 9.89 Å². The first-order valence-corrected chi connectivity index (χ1v) is 11.5.